The van der Waals surface area contributed by atoms with Crippen LogP contribution in [0.1, 0.15) is 35.7 Å². The zero-order valence-corrected chi connectivity index (χ0v) is 14.1. The van der Waals surface area contributed by atoms with Crippen LogP contribution in [0, 0.1) is 0 Å². The molecule has 2 aromatic rings. The van der Waals surface area contributed by atoms with E-state index in [1.165, 1.54) is 0 Å². The van der Waals surface area contributed by atoms with Gasteiger partial charge >= 0.3 is 0 Å². The second-order valence-electron chi connectivity index (χ2n) is 5.71. The molecule has 5 heteroatoms. The van der Waals surface area contributed by atoms with E-state index in [1.54, 1.807) is 37.4 Å². The number of hydrogen-bond acceptors (Lipinski definition) is 3. The number of ether oxygens (including phenoxy) is 1. The maximum Gasteiger partial charge on any atom is 0.251 e. The molecule has 0 aliphatic heterocycles. The summed E-state index contributed by atoms with van der Waals surface area (Å²) < 4.78 is 5.32. The zero-order chi connectivity index (χ0) is 17.5. The van der Waals surface area contributed by atoms with Crippen LogP contribution < -0.4 is 15.4 Å². The van der Waals surface area contributed by atoms with Gasteiger partial charge in [0.1, 0.15) is 5.75 Å². The molecule has 0 saturated carbocycles. The molecule has 2 rings (SSSR count). The Hall–Kier alpha value is -2.82. The van der Waals surface area contributed by atoms with Gasteiger partial charge in [-0.15, -0.1) is 0 Å². The predicted molar refractivity (Wildman–Crippen MR) is 94.5 cm³/mol. The molecule has 2 aromatic carbocycles. The van der Waals surface area contributed by atoms with Gasteiger partial charge in [0.25, 0.3) is 5.91 Å². The van der Waals surface area contributed by atoms with Crippen molar-refractivity contribution < 1.29 is 14.3 Å². The number of carbonyl (C=O) groups is 2. The van der Waals surface area contributed by atoms with Gasteiger partial charge in [0, 0.05) is 11.3 Å². The van der Waals surface area contributed by atoms with Crippen molar-refractivity contribution in [2.24, 2.45) is 0 Å². The molecule has 0 fully saturated rings. The van der Waals surface area contributed by atoms with Crippen molar-refractivity contribution in [1.82, 2.24) is 5.32 Å². The number of nitrogens with one attached hydrogen (secondary N) is 2. The van der Waals surface area contributed by atoms with Crippen LogP contribution in [0.25, 0.3) is 0 Å². The van der Waals surface area contributed by atoms with E-state index in [0.717, 1.165) is 11.3 Å². The number of amides is 2. The van der Waals surface area contributed by atoms with Crippen molar-refractivity contribution in [1.29, 1.82) is 0 Å². The smallest absolute Gasteiger partial charge is 0.251 e. The molecule has 24 heavy (non-hydrogen) atoms. The van der Waals surface area contributed by atoms with E-state index in [1.807, 2.05) is 18.2 Å². The van der Waals surface area contributed by atoms with Gasteiger partial charge in [-0.2, -0.15) is 0 Å². The third-order valence-electron chi connectivity index (χ3n) is 3.58. The number of benzene rings is 2. The lowest BCUT2D eigenvalue weighted by molar-refractivity contribution is -0.115. The topological polar surface area (TPSA) is 67.4 Å². The van der Waals surface area contributed by atoms with E-state index in [9.17, 15) is 9.59 Å². The molecule has 126 valence electrons. The Morgan fingerprint density at radius 2 is 1.79 bits per heavy atom. The lowest BCUT2D eigenvalue weighted by atomic mass is 10.0. The van der Waals surface area contributed by atoms with Gasteiger partial charge in [0.2, 0.25) is 5.91 Å². The SMILES string of the molecule is COc1ccc(NC(=O)CNC(=O)c2ccccc2)cc1C(C)C. The van der Waals surface area contributed by atoms with Crippen LogP contribution in [-0.4, -0.2) is 25.5 Å². The fourth-order valence-corrected chi connectivity index (χ4v) is 2.32. The van der Waals surface area contributed by atoms with Crippen LogP contribution in [0.15, 0.2) is 48.5 Å². The summed E-state index contributed by atoms with van der Waals surface area (Å²) in [6.45, 7) is 4.03. The van der Waals surface area contributed by atoms with Crippen molar-refractivity contribution in [3.63, 3.8) is 0 Å². The second-order valence-corrected chi connectivity index (χ2v) is 5.71. The molecular formula is C19H22N2O3. The summed E-state index contributed by atoms with van der Waals surface area (Å²) in [5.74, 6) is 0.512. The summed E-state index contributed by atoms with van der Waals surface area (Å²) in [4.78, 5) is 23.9. The third-order valence-corrected chi connectivity index (χ3v) is 3.58. The Morgan fingerprint density at radius 1 is 1.08 bits per heavy atom. The van der Waals surface area contributed by atoms with Crippen LogP contribution in [-0.2, 0) is 4.79 Å². The zero-order valence-electron chi connectivity index (χ0n) is 14.1. The van der Waals surface area contributed by atoms with Crippen LogP contribution in [0.4, 0.5) is 5.69 Å². The Bertz CT molecular complexity index is 712. The molecule has 0 aliphatic carbocycles. The minimum Gasteiger partial charge on any atom is -0.496 e. The van der Waals surface area contributed by atoms with E-state index in [4.69, 9.17) is 4.74 Å². The molecule has 0 spiro atoms. The van der Waals surface area contributed by atoms with Crippen LogP contribution in [0.5, 0.6) is 5.75 Å². The summed E-state index contributed by atoms with van der Waals surface area (Å²) in [7, 11) is 1.62. The van der Waals surface area contributed by atoms with Crippen molar-refractivity contribution in [3.05, 3.63) is 59.7 Å². The number of methoxy groups -OCH3 is 1. The van der Waals surface area contributed by atoms with Gasteiger partial charge in [-0.3, -0.25) is 9.59 Å². The highest BCUT2D eigenvalue weighted by atomic mass is 16.5. The summed E-state index contributed by atoms with van der Waals surface area (Å²) in [5.41, 5.74) is 2.22. The standard InChI is InChI=1S/C19H22N2O3/c1-13(2)16-11-15(9-10-17(16)24-3)21-18(22)12-20-19(23)14-7-5-4-6-8-14/h4-11,13H,12H2,1-3H3,(H,20,23)(H,21,22). The minimum atomic E-state index is -0.279. The normalized spacial score (nSPS) is 10.3. The predicted octanol–water partition coefficient (Wildman–Crippen LogP) is 3.19. The molecule has 5 nitrogen and oxygen atoms in total. The van der Waals surface area contributed by atoms with E-state index in [-0.39, 0.29) is 24.3 Å². The first-order chi connectivity index (χ1) is 11.5. The summed E-state index contributed by atoms with van der Waals surface area (Å²) in [6.07, 6.45) is 0. The second kappa shape index (κ2) is 8.15. The summed E-state index contributed by atoms with van der Waals surface area (Å²) in [5, 5.41) is 5.39. The van der Waals surface area contributed by atoms with Crippen molar-refractivity contribution in [2.45, 2.75) is 19.8 Å². The first kappa shape index (κ1) is 17.5. The van der Waals surface area contributed by atoms with E-state index >= 15 is 0 Å². The molecule has 0 saturated heterocycles. The van der Waals surface area contributed by atoms with Gasteiger partial charge in [-0.25, -0.2) is 0 Å². The molecule has 2 N–H and O–H groups in total. The highest BCUT2D eigenvalue weighted by Crippen LogP contribution is 2.29. The maximum atomic E-state index is 12.0. The lowest BCUT2D eigenvalue weighted by Gasteiger charge is -2.14. The maximum absolute atomic E-state index is 12.0. The average Bonchev–Trinajstić information content (AvgIpc) is 2.60. The molecular weight excluding hydrogens is 304 g/mol. The van der Waals surface area contributed by atoms with Gasteiger partial charge in [0.05, 0.1) is 13.7 Å². The summed E-state index contributed by atoms with van der Waals surface area (Å²) in [6, 6.07) is 14.3. The number of anilines is 1. The molecule has 0 unspecified atom stereocenters. The van der Waals surface area contributed by atoms with Gasteiger partial charge in [0.15, 0.2) is 0 Å². The Kier molecular flexibility index (Phi) is 5.95. The van der Waals surface area contributed by atoms with E-state index < -0.39 is 0 Å². The Labute approximate surface area is 142 Å². The first-order valence-corrected chi connectivity index (χ1v) is 7.82. The van der Waals surface area contributed by atoms with E-state index in [0.29, 0.717) is 11.3 Å². The van der Waals surface area contributed by atoms with Crippen molar-refractivity contribution in [2.75, 3.05) is 19.0 Å². The molecule has 0 bridgehead atoms. The van der Waals surface area contributed by atoms with E-state index in [2.05, 4.69) is 24.5 Å². The first-order valence-electron chi connectivity index (χ1n) is 7.82. The van der Waals surface area contributed by atoms with Gasteiger partial charge in [-0.05, 0) is 41.8 Å². The molecule has 0 radical (unpaired) electrons. The Balaban J connectivity index is 1.95. The van der Waals surface area contributed by atoms with Crippen LogP contribution >= 0.6 is 0 Å². The molecule has 0 atom stereocenters. The third kappa shape index (κ3) is 4.59. The average molecular weight is 326 g/mol. The monoisotopic (exact) mass is 326 g/mol. The lowest BCUT2D eigenvalue weighted by Crippen LogP contribution is -2.32. The molecule has 2 amide bonds. The van der Waals surface area contributed by atoms with Crippen LogP contribution in [0.2, 0.25) is 0 Å². The molecule has 0 aromatic heterocycles. The minimum absolute atomic E-state index is 0.0865. The van der Waals surface area contributed by atoms with Crippen molar-refractivity contribution >= 4 is 17.5 Å². The fraction of sp³-hybridized carbons (Fsp3) is 0.263. The highest BCUT2D eigenvalue weighted by Gasteiger charge is 2.11. The summed E-state index contributed by atoms with van der Waals surface area (Å²) >= 11 is 0. The number of rotatable bonds is 6. The number of hydrogen-bond donors (Lipinski definition) is 2. The Morgan fingerprint density at radius 3 is 2.42 bits per heavy atom. The molecule has 0 heterocycles. The quantitative estimate of drug-likeness (QED) is 0.857. The fourth-order valence-electron chi connectivity index (χ4n) is 2.32. The van der Waals surface area contributed by atoms with Crippen LogP contribution in [0.3, 0.4) is 0 Å². The van der Waals surface area contributed by atoms with Gasteiger partial charge < -0.3 is 15.4 Å². The van der Waals surface area contributed by atoms with Crippen molar-refractivity contribution in [3.8, 4) is 5.75 Å². The van der Waals surface area contributed by atoms with Gasteiger partial charge in [-0.1, -0.05) is 32.0 Å². The molecule has 0 aliphatic rings. The number of carbonyl (C=O) groups excluding carboxylic acids is 2. The highest BCUT2D eigenvalue weighted by molar-refractivity contribution is 5.99. The largest absolute Gasteiger partial charge is 0.496 e.